The summed E-state index contributed by atoms with van der Waals surface area (Å²) < 4.78 is 10.3. The summed E-state index contributed by atoms with van der Waals surface area (Å²) >= 11 is 0. The van der Waals surface area contributed by atoms with Gasteiger partial charge in [0.15, 0.2) is 5.54 Å². The number of hydrogen-bond donors (Lipinski definition) is 1. The molecule has 0 aromatic heterocycles. The van der Waals surface area contributed by atoms with Crippen LogP contribution in [-0.2, 0) is 31.0 Å². The highest BCUT2D eigenvalue weighted by atomic mass is 16.5. The summed E-state index contributed by atoms with van der Waals surface area (Å²) in [7, 11) is 3.03. The standard InChI is InChI=1S/C26H30N2O5/c1-32-20-9-12-25(13-10-20)16-19-8-7-18(6-5-17-3-4-17)15-21(19)26(25)23(30)28(24(31)27-26)14-11-22(29)33-2/h7-8,15,17,20H,3-4,9-14,16H2,1-2H3,(H,27,31)/t20?,25?,26-/m1/s1. The Bertz CT molecular complexity index is 1060. The van der Waals surface area contributed by atoms with Gasteiger partial charge < -0.3 is 14.8 Å². The van der Waals surface area contributed by atoms with Crippen LogP contribution in [0.3, 0.4) is 0 Å². The van der Waals surface area contributed by atoms with Gasteiger partial charge in [-0.15, -0.1) is 0 Å². The molecule has 4 aliphatic rings. The number of esters is 1. The third kappa shape index (κ3) is 3.52. The van der Waals surface area contributed by atoms with Crippen molar-refractivity contribution in [3.05, 3.63) is 34.9 Å². The zero-order valence-electron chi connectivity index (χ0n) is 19.2. The SMILES string of the molecule is COC(=O)CCN1C(=O)N[C@@]2(C1=O)c1cc(C#CC3CC3)ccc1CC21CCC(OC)CC1. The van der Waals surface area contributed by atoms with Gasteiger partial charge in [0.1, 0.15) is 0 Å². The third-order valence-electron chi connectivity index (χ3n) is 7.93. The average Bonchev–Trinajstić information content (AvgIpc) is 3.58. The first kappa shape index (κ1) is 22.0. The maximum Gasteiger partial charge on any atom is 0.325 e. The molecular weight excluding hydrogens is 420 g/mol. The first-order valence-corrected chi connectivity index (χ1v) is 11.8. The molecule has 7 nitrogen and oxygen atoms in total. The molecule has 3 amide bonds. The van der Waals surface area contributed by atoms with Crippen molar-refractivity contribution < 1.29 is 23.9 Å². The number of carbonyl (C=O) groups excluding carboxylic acids is 3. The molecule has 1 N–H and O–H groups in total. The van der Waals surface area contributed by atoms with Crippen molar-refractivity contribution >= 4 is 17.9 Å². The normalized spacial score (nSPS) is 30.2. The van der Waals surface area contributed by atoms with Crippen LogP contribution >= 0.6 is 0 Å². The Morgan fingerprint density at radius 2 is 1.94 bits per heavy atom. The predicted molar refractivity (Wildman–Crippen MR) is 120 cm³/mol. The average molecular weight is 451 g/mol. The molecule has 1 atom stereocenters. The van der Waals surface area contributed by atoms with E-state index in [0.29, 0.717) is 5.92 Å². The van der Waals surface area contributed by atoms with Crippen molar-refractivity contribution in [3.8, 4) is 11.8 Å². The van der Waals surface area contributed by atoms with Crippen molar-refractivity contribution in [1.82, 2.24) is 10.2 Å². The number of rotatable bonds is 4. The summed E-state index contributed by atoms with van der Waals surface area (Å²) in [5.41, 5.74) is 1.27. The molecule has 7 heteroatoms. The fourth-order valence-corrected chi connectivity index (χ4v) is 5.91. The lowest BCUT2D eigenvalue weighted by molar-refractivity contribution is -0.142. The minimum Gasteiger partial charge on any atom is -0.469 e. The van der Waals surface area contributed by atoms with Gasteiger partial charge in [-0.25, -0.2) is 4.79 Å². The molecule has 1 aromatic carbocycles. The molecule has 1 saturated heterocycles. The van der Waals surface area contributed by atoms with Gasteiger partial charge in [-0.2, -0.15) is 0 Å². The predicted octanol–water partition coefficient (Wildman–Crippen LogP) is 2.89. The number of urea groups is 1. The lowest BCUT2D eigenvalue weighted by Crippen LogP contribution is -2.56. The Balaban J connectivity index is 1.55. The molecule has 1 aromatic rings. The first-order chi connectivity index (χ1) is 15.9. The Kier molecular flexibility index (Phi) is 5.44. The van der Waals surface area contributed by atoms with Gasteiger partial charge in [-0.05, 0) is 68.2 Å². The molecule has 2 spiro atoms. The van der Waals surface area contributed by atoms with Gasteiger partial charge in [-0.3, -0.25) is 14.5 Å². The summed E-state index contributed by atoms with van der Waals surface area (Å²) in [6.45, 7) is 0.00633. The lowest BCUT2D eigenvalue weighted by atomic mass is 9.61. The van der Waals surface area contributed by atoms with Crippen molar-refractivity contribution in [1.29, 1.82) is 0 Å². The Hall–Kier alpha value is -2.85. The van der Waals surface area contributed by atoms with Crippen molar-refractivity contribution in [2.45, 2.75) is 63.0 Å². The largest absolute Gasteiger partial charge is 0.469 e. The van der Waals surface area contributed by atoms with Gasteiger partial charge >= 0.3 is 12.0 Å². The van der Waals surface area contributed by atoms with Crippen molar-refractivity contribution in [2.75, 3.05) is 20.8 Å². The number of fused-ring (bicyclic) bond motifs is 3. The number of benzene rings is 1. The van der Waals surface area contributed by atoms with Crippen molar-refractivity contribution in [3.63, 3.8) is 0 Å². The molecule has 0 bridgehead atoms. The second-order valence-corrected chi connectivity index (χ2v) is 9.77. The molecule has 2 saturated carbocycles. The zero-order chi connectivity index (χ0) is 23.2. The van der Waals surface area contributed by atoms with Crippen LogP contribution in [0.4, 0.5) is 4.79 Å². The number of imide groups is 1. The zero-order valence-corrected chi connectivity index (χ0v) is 19.2. The smallest absolute Gasteiger partial charge is 0.325 e. The number of hydrogen-bond acceptors (Lipinski definition) is 5. The van der Waals surface area contributed by atoms with E-state index in [1.54, 1.807) is 7.11 Å². The highest BCUT2D eigenvalue weighted by Crippen LogP contribution is 2.60. The maximum atomic E-state index is 14.0. The molecule has 1 heterocycles. The fraction of sp³-hybridized carbons (Fsp3) is 0.577. The number of amides is 3. The van der Waals surface area contributed by atoms with Crippen LogP contribution < -0.4 is 5.32 Å². The number of carbonyl (C=O) groups is 3. The summed E-state index contributed by atoms with van der Waals surface area (Å²) in [6.07, 6.45) is 6.40. The summed E-state index contributed by atoms with van der Waals surface area (Å²) in [4.78, 5) is 40.0. The highest BCUT2D eigenvalue weighted by Gasteiger charge is 2.68. The topological polar surface area (TPSA) is 84.9 Å². The van der Waals surface area contributed by atoms with E-state index < -0.39 is 23.0 Å². The highest BCUT2D eigenvalue weighted by molar-refractivity contribution is 6.09. The molecule has 3 aliphatic carbocycles. The van der Waals surface area contributed by atoms with Crippen LogP contribution in [0, 0.1) is 23.2 Å². The lowest BCUT2D eigenvalue weighted by Gasteiger charge is -2.46. The molecule has 174 valence electrons. The minimum absolute atomic E-state index is 0.00633. The molecule has 5 rings (SSSR count). The van der Waals surface area contributed by atoms with Crippen LogP contribution in [0.1, 0.15) is 61.6 Å². The van der Waals surface area contributed by atoms with E-state index in [9.17, 15) is 14.4 Å². The van der Waals surface area contributed by atoms with E-state index in [2.05, 4.69) is 23.2 Å². The van der Waals surface area contributed by atoms with Gasteiger partial charge in [-0.1, -0.05) is 17.9 Å². The van der Waals surface area contributed by atoms with E-state index in [0.717, 1.165) is 61.6 Å². The van der Waals surface area contributed by atoms with E-state index in [-0.39, 0.29) is 25.0 Å². The van der Waals surface area contributed by atoms with Crippen LogP contribution in [0.2, 0.25) is 0 Å². The first-order valence-electron chi connectivity index (χ1n) is 11.8. The van der Waals surface area contributed by atoms with Gasteiger partial charge in [0.2, 0.25) is 0 Å². The van der Waals surface area contributed by atoms with Crippen LogP contribution in [0.5, 0.6) is 0 Å². The second kappa shape index (κ2) is 8.18. The number of methoxy groups -OCH3 is 2. The van der Waals surface area contributed by atoms with Crippen LogP contribution in [0.15, 0.2) is 18.2 Å². The van der Waals surface area contributed by atoms with E-state index in [4.69, 9.17) is 9.47 Å². The summed E-state index contributed by atoms with van der Waals surface area (Å²) in [5.74, 6) is 6.32. The fourth-order valence-electron chi connectivity index (χ4n) is 5.91. The van der Waals surface area contributed by atoms with Gasteiger partial charge in [0.05, 0.1) is 19.6 Å². The van der Waals surface area contributed by atoms with E-state index in [1.807, 2.05) is 12.1 Å². The summed E-state index contributed by atoms with van der Waals surface area (Å²) in [5, 5.41) is 3.12. The molecule has 3 fully saturated rings. The molecule has 0 radical (unpaired) electrons. The van der Waals surface area contributed by atoms with Gasteiger partial charge in [0, 0.05) is 30.6 Å². The minimum atomic E-state index is -1.13. The second-order valence-electron chi connectivity index (χ2n) is 9.77. The quantitative estimate of drug-likeness (QED) is 0.433. The number of ether oxygens (including phenoxy) is 2. The Morgan fingerprint density at radius 1 is 1.18 bits per heavy atom. The third-order valence-corrected chi connectivity index (χ3v) is 7.93. The van der Waals surface area contributed by atoms with E-state index >= 15 is 0 Å². The molecule has 1 aliphatic heterocycles. The monoisotopic (exact) mass is 450 g/mol. The molecule has 33 heavy (non-hydrogen) atoms. The van der Waals surface area contributed by atoms with Crippen LogP contribution in [0.25, 0.3) is 0 Å². The number of nitrogens with one attached hydrogen (secondary N) is 1. The maximum absolute atomic E-state index is 14.0. The summed E-state index contributed by atoms with van der Waals surface area (Å²) in [6, 6.07) is 5.66. The Labute approximate surface area is 194 Å². The van der Waals surface area contributed by atoms with Gasteiger partial charge in [0.25, 0.3) is 5.91 Å². The Morgan fingerprint density at radius 3 is 2.61 bits per heavy atom. The van der Waals surface area contributed by atoms with E-state index in [1.165, 1.54) is 12.0 Å². The number of nitrogens with zero attached hydrogens (tertiary/aromatic N) is 1. The molecular formula is C26H30N2O5. The molecule has 0 unspecified atom stereocenters. The van der Waals surface area contributed by atoms with Crippen LogP contribution in [-0.4, -0.2) is 49.7 Å². The van der Waals surface area contributed by atoms with Crippen molar-refractivity contribution in [2.24, 2.45) is 11.3 Å².